The average Bonchev–Trinajstić information content (AvgIpc) is 2.73. The van der Waals surface area contributed by atoms with Crippen LogP contribution in [0.3, 0.4) is 0 Å². The number of nitrogens with zero attached hydrogens (tertiary/aromatic N) is 4. The second kappa shape index (κ2) is 8.74. The monoisotopic (exact) mass is 391 g/mol. The molecule has 6 nitrogen and oxygen atoms in total. The van der Waals surface area contributed by atoms with E-state index in [1.54, 1.807) is 16.8 Å². The van der Waals surface area contributed by atoms with Crippen LogP contribution in [-0.4, -0.2) is 45.3 Å². The Bertz CT molecular complexity index is 1040. The molecule has 0 amide bonds. The van der Waals surface area contributed by atoms with Crippen molar-refractivity contribution in [1.29, 1.82) is 0 Å². The Hall–Kier alpha value is -2.73. The number of anilines is 1. The third-order valence-electron chi connectivity index (χ3n) is 5.72. The summed E-state index contributed by atoms with van der Waals surface area (Å²) in [6.07, 6.45) is 3.64. The summed E-state index contributed by atoms with van der Waals surface area (Å²) in [6, 6.07) is 14.2. The molecule has 0 saturated carbocycles. The average molecular weight is 392 g/mol. The highest BCUT2D eigenvalue weighted by Crippen LogP contribution is 2.24. The van der Waals surface area contributed by atoms with Crippen LogP contribution >= 0.6 is 0 Å². The molecular formula is C23H29N5O. The molecule has 1 aliphatic rings. The molecule has 3 heterocycles. The van der Waals surface area contributed by atoms with Crippen molar-refractivity contribution in [3.63, 3.8) is 0 Å². The number of pyridine rings is 1. The van der Waals surface area contributed by atoms with E-state index in [1.807, 2.05) is 19.9 Å². The highest BCUT2D eigenvalue weighted by atomic mass is 16.1. The first-order valence-electron chi connectivity index (χ1n) is 10.5. The number of nitrogens with one attached hydrogen (secondary N) is 1. The van der Waals surface area contributed by atoms with Crippen LogP contribution in [0.5, 0.6) is 0 Å². The van der Waals surface area contributed by atoms with Crippen molar-refractivity contribution in [1.82, 2.24) is 19.7 Å². The van der Waals surface area contributed by atoms with E-state index in [9.17, 15) is 4.79 Å². The lowest BCUT2D eigenvalue weighted by atomic mass is 10.0. The summed E-state index contributed by atoms with van der Waals surface area (Å²) in [4.78, 5) is 19.2. The largest absolute Gasteiger partial charge is 0.383 e. The van der Waals surface area contributed by atoms with Crippen LogP contribution in [0.15, 0.2) is 47.3 Å². The number of para-hydroxylation sites is 1. The van der Waals surface area contributed by atoms with E-state index in [2.05, 4.69) is 44.6 Å². The molecule has 152 valence electrons. The van der Waals surface area contributed by atoms with E-state index in [4.69, 9.17) is 0 Å². The van der Waals surface area contributed by atoms with Crippen LogP contribution in [0.1, 0.15) is 30.7 Å². The van der Waals surface area contributed by atoms with Crippen LogP contribution in [0.2, 0.25) is 0 Å². The van der Waals surface area contributed by atoms with Gasteiger partial charge in [-0.3, -0.25) is 14.7 Å². The number of hydrogen-bond donors (Lipinski definition) is 1. The van der Waals surface area contributed by atoms with Gasteiger partial charge in [-0.15, -0.1) is 0 Å². The molecule has 6 heteroatoms. The third kappa shape index (κ3) is 4.65. The maximum atomic E-state index is 12.1. The molecule has 2 aromatic heterocycles. The minimum atomic E-state index is -0.0268. The number of likely N-dealkylation sites (tertiary alicyclic amines) is 1. The van der Waals surface area contributed by atoms with Crippen LogP contribution in [0, 0.1) is 13.8 Å². The Morgan fingerprint density at radius 2 is 1.93 bits per heavy atom. The fraction of sp³-hybridized carbons (Fsp3) is 0.435. The first-order valence-corrected chi connectivity index (χ1v) is 10.5. The van der Waals surface area contributed by atoms with E-state index >= 15 is 0 Å². The maximum Gasteiger partial charge on any atom is 0.266 e. The quantitative estimate of drug-likeness (QED) is 0.698. The van der Waals surface area contributed by atoms with E-state index in [0.717, 1.165) is 47.6 Å². The van der Waals surface area contributed by atoms with Gasteiger partial charge in [0.25, 0.3) is 5.56 Å². The number of aromatic nitrogens is 3. The molecule has 1 unspecified atom stereocenters. The van der Waals surface area contributed by atoms with Crippen molar-refractivity contribution in [2.75, 3.05) is 25.0 Å². The maximum absolute atomic E-state index is 12.1. The van der Waals surface area contributed by atoms with E-state index < -0.39 is 0 Å². The van der Waals surface area contributed by atoms with Crippen molar-refractivity contribution in [2.45, 2.75) is 45.7 Å². The number of fused-ring (bicyclic) bond motifs is 1. The topological polar surface area (TPSA) is 63.1 Å². The van der Waals surface area contributed by atoms with Gasteiger partial charge in [-0.05, 0) is 51.4 Å². The zero-order valence-corrected chi connectivity index (χ0v) is 17.3. The highest BCUT2D eigenvalue weighted by molar-refractivity contribution is 5.91. The number of aryl methyl sites for hydroxylation is 2. The molecule has 4 rings (SSSR count). The lowest BCUT2D eigenvalue weighted by Gasteiger charge is -2.36. The Morgan fingerprint density at radius 1 is 1.07 bits per heavy atom. The molecule has 1 fully saturated rings. The normalized spacial score (nSPS) is 17.5. The summed E-state index contributed by atoms with van der Waals surface area (Å²) < 4.78 is 1.59. The van der Waals surface area contributed by atoms with Gasteiger partial charge in [0.15, 0.2) is 0 Å². The van der Waals surface area contributed by atoms with Gasteiger partial charge >= 0.3 is 0 Å². The van der Waals surface area contributed by atoms with Crippen LogP contribution in [-0.2, 0) is 6.54 Å². The summed E-state index contributed by atoms with van der Waals surface area (Å²) in [7, 11) is 0. The third-order valence-corrected chi connectivity index (χ3v) is 5.72. The van der Waals surface area contributed by atoms with Crippen molar-refractivity contribution >= 4 is 16.6 Å². The first kappa shape index (κ1) is 19.6. The zero-order valence-electron chi connectivity index (χ0n) is 17.3. The molecule has 29 heavy (non-hydrogen) atoms. The molecule has 0 radical (unpaired) electrons. The smallest absolute Gasteiger partial charge is 0.266 e. The van der Waals surface area contributed by atoms with E-state index in [-0.39, 0.29) is 5.56 Å². The Balaban J connectivity index is 1.45. The molecule has 1 aliphatic heterocycles. The Morgan fingerprint density at radius 3 is 2.83 bits per heavy atom. The number of rotatable bonds is 6. The first-order chi connectivity index (χ1) is 14.1. The number of hydrogen-bond acceptors (Lipinski definition) is 5. The van der Waals surface area contributed by atoms with Crippen molar-refractivity contribution in [2.24, 2.45) is 0 Å². The Kier molecular flexibility index (Phi) is 5.90. The van der Waals surface area contributed by atoms with E-state index in [1.165, 1.54) is 19.3 Å². The molecule has 1 aromatic carbocycles. The molecular weight excluding hydrogens is 362 g/mol. The predicted molar refractivity (Wildman–Crippen MR) is 117 cm³/mol. The van der Waals surface area contributed by atoms with Crippen LogP contribution < -0.4 is 10.9 Å². The van der Waals surface area contributed by atoms with Gasteiger partial charge in [0.1, 0.15) is 0 Å². The molecule has 0 spiro atoms. The van der Waals surface area contributed by atoms with Gasteiger partial charge in [-0.2, -0.15) is 5.10 Å². The minimum absolute atomic E-state index is 0.0268. The van der Waals surface area contributed by atoms with Gasteiger partial charge in [0, 0.05) is 42.0 Å². The van der Waals surface area contributed by atoms with Crippen molar-refractivity contribution in [3.05, 3.63) is 64.2 Å². The van der Waals surface area contributed by atoms with Crippen LogP contribution in [0.25, 0.3) is 10.9 Å². The van der Waals surface area contributed by atoms with Gasteiger partial charge in [-0.1, -0.05) is 24.6 Å². The molecule has 3 aromatic rings. The van der Waals surface area contributed by atoms with Crippen LogP contribution in [0.4, 0.5) is 5.69 Å². The van der Waals surface area contributed by atoms with Crippen molar-refractivity contribution in [3.8, 4) is 0 Å². The SMILES string of the molecule is Cc1cc(NCC2CCCCN2CCn2nc(C)ccc2=O)c2ccccc2n1. The van der Waals surface area contributed by atoms with Gasteiger partial charge in [0.05, 0.1) is 17.8 Å². The lowest BCUT2D eigenvalue weighted by molar-refractivity contribution is 0.148. The Labute approximate surface area is 171 Å². The fourth-order valence-electron chi connectivity index (χ4n) is 4.20. The van der Waals surface area contributed by atoms with E-state index in [0.29, 0.717) is 12.6 Å². The van der Waals surface area contributed by atoms with Crippen molar-refractivity contribution < 1.29 is 0 Å². The van der Waals surface area contributed by atoms with Gasteiger partial charge in [-0.25, -0.2) is 4.68 Å². The molecule has 1 atom stereocenters. The predicted octanol–water partition coefficient (Wildman–Crippen LogP) is 3.37. The molecule has 0 aliphatic carbocycles. The standard InChI is InChI=1S/C23H29N5O/c1-17-10-11-23(29)28(26-17)14-13-27-12-6-5-7-19(27)16-24-22-15-18(2)25-21-9-4-3-8-20(21)22/h3-4,8-11,15,19H,5-7,12-14,16H2,1-2H3,(H,24,25). The minimum Gasteiger partial charge on any atom is -0.383 e. The summed E-state index contributed by atoms with van der Waals surface area (Å²) in [5.41, 5.74) is 4.05. The second-order valence-electron chi connectivity index (χ2n) is 7.93. The highest BCUT2D eigenvalue weighted by Gasteiger charge is 2.22. The summed E-state index contributed by atoms with van der Waals surface area (Å²) in [5.74, 6) is 0. The fourth-order valence-corrected chi connectivity index (χ4v) is 4.20. The summed E-state index contributed by atoms with van der Waals surface area (Å²) >= 11 is 0. The summed E-state index contributed by atoms with van der Waals surface area (Å²) in [6.45, 7) is 7.40. The second-order valence-corrected chi connectivity index (χ2v) is 7.93. The summed E-state index contributed by atoms with van der Waals surface area (Å²) in [5, 5.41) is 9.22. The number of benzene rings is 1. The molecule has 1 saturated heterocycles. The molecule has 1 N–H and O–H groups in total. The number of piperidine rings is 1. The molecule has 0 bridgehead atoms. The zero-order chi connectivity index (χ0) is 20.2. The van der Waals surface area contributed by atoms with Gasteiger partial charge in [0.2, 0.25) is 0 Å². The van der Waals surface area contributed by atoms with Gasteiger partial charge < -0.3 is 5.32 Å². The lowest BCUT2D eigenvalue weighted by Crippen LogP contribution is -2.45.